The Labute approximate surface area is 130 Å². The van der Waals surface area contributed by atoms with E-state index in [0.29, 0.717) is 5.33 Å². The van der Waals surface area contributed by atoms with Gasteiger partial charge in [-0.2, -0.15) is 0 Å². The van der Waals surface area contributed by atoms with Crippen molar-refractivity contribution in [3.63, 3.8) is 0 Å². The van der Waals surface area contributed by atoms with E-state index in [1.165, 1.54) is 0 Å². The molecule has 20 heavy (non-hydrogen) atoms. The van der Waals surface area contributed by atoms with Crippen LogP contribution in [0.3, 0.4) is 0 Å². The highest BCUT2D eigenvalue weighted by molar-refractivity contribution is 9.09. The molecule has 1 heterocycles. The molecule has 0 spiro atoms. The number of sulfone groups is 1. The van der Waals surface area contributed by atoms with Gasteiger partial charge in [-0.1, -0.05) is 35.2 Å². The van der Waals surface area contributed by atoms with Crippen LogP contribution in [0.2, 0.25) is 0 Å². The van der Waals surface area contributed by atoms with Crippen molar-refractivity contribution in [1.29, 1.82) is 0 Å². The summed E-state index contributed by atoms with van der Waals surface area (Å²) in [6, 6.07) is 0. The summed E-state index contributed by atoms with van der Waals surface area (Å²) in [6.07, 6.45) is 5.36. The number of rotatable bonds is 4. The summed E-state index contributed by atoms with van der Waals surface area (Å²) in [7, 11) is -6.48. The Morgan fingerprint density at radius 2 is 1.65 bits per heavy atom. The van der Waals surface area contributed by atoms with Crippen molar-refractivity contribution in [2.45, 2.75) is 55.7 Å². The summed E-state index contributed by atoms with van der Waals surface area (Å²) in [4.78, 5) is 0. The van der Waals surface area contributed by atoms with E-state index in [-0.39, 0.29) is 29.9 Å². The third-order valence-electron chi connectivity index (χ3n) is 4.37. The summed E-state index contributed by atoms with van der Waals surface area (Å²) < 4.78 is 50.7. The smallest absolute Gasteiger partial charge is 0.215 e. The minimum Gasteiger partial charge on any atom is -0.229 e. The Balaban J connectivity index is 2.07. The molecule has 2 fully saturated rings. The second-order valence-electron chi connectivity index (χ2n) is 5.97. The molecule has 1 aliphatic carbocycles. The summed E-state index contributed by atoms with van der Waals surface area (Å²) in [6.45, 7) is 0. The molecule has 2 rings (SSSR count). The molecule has 0 amide bonds. The first-order valence-corrected chi connectivity index (χ1v) is 11.6. The van der Waals surface area contributed by atoms with Crippen LogP contribution in [0.25, 0.3) is 0 Å². The molecular formula is C12H22BrNO4S2. The van der Waals surface area contributed by atoms with Crippen molar-refractivity contribution in [2.24, 2.45) is 0 Å². The number of hydrogen-bond acceptors (Lipinski definition) is 4. The number of sulfonamides is 1. The predicted molar refractivity (Wildman–Crippen MR) is 83.3 cm³/mol. The maximum absolute atomic E-state index is 12.5. The topological polar surface area (TPSA) is 80.3 Å². The highest BCUT2D eigenvalue weighted by Crippen LogP contribution is 2.32. The van der Waals surface area contributed by atoms with Gasteiger partial charge in [-0.3, -0.25) is 0 Å². The first-order valence-electron chi connectivity index (χ1n) is 7.08. The van der Waals surface area contributed by atoms with Crippen LogP contribution in [-0.4, -0.2) is 44.5 Å². The number of nitrogens with one attached hydrogen (secondary N) is 1. The Morgan fingerprint density at radius 3 is 2.15 bits per heavy atom. The fraction of sp³-hybridized carbons (Fsp3) is 1.00. The SMILES string of the molecule is O=S1(=O)CCC(S(=O)(=O)NC2(CBr)CCCCC2)CC1. The van der Waals surface area contributed by atoms with Crippen molar-refractivity contribution in [1.82, 2.24) is 4.72 Å². The normalized spacial score (nSPS) is 27.2. The number of halogens is 1. The first-order chi connectivity index (χ1) is 9.29. The summed E-state index contributed by atoms with van der Waals surface area (Å²) in [5.74, 6) is -0.0280. The van der Waals surface area contributed by atoms with Crippen LogP contribution in [0, 0.1) is 0 Å². The van der Waals surface area contributed by atoms with Gasteiger partial charge in [0.05, 0.1) is 16.8 Å². The van der Waals surface area contributed by atoms with E-state index in [1.54, 1.807) is 0 Å². The van der Waals surface area contributed by atoms with Gasteiger partial charge in [-0.15, -0.1) is 0 Å². The molecule has 1 saturated heterocycles. The molecule has 118 valence electrons. The zero-order valence-corrected chi connectivity index (χ0v) is 14.7. The Hall–Kier alpha value is 0.340. The van der Waals surface area contributed by atoms with Gasteiger partial charge in [0.25, 0.3) is 0 Å². The number of alkyl halides is 1. The van der Waals surface area contributed by atoms with Crippen LogP contribution in [-0.2, 0) is 19.9 Å². The third-order valence-corrected chi connectivity index (χ3v) is 9.22. The highest BCUT2D eigenvalue weighted by Gasteiger charge is 2.40. The molecule has 1 saturated carbocycles. The lowest BCUT2D eigenvalue weighted by Crippen LogP contribution is -2.54. The molecule has 0 aromatic heterocycles. The summed E-state index contributed by atoms with van der Waals surface area (Å²) in [5.41, 5.74) is -0.382. The second-order valence-corrected chi connectivity index (χ2v) is 10.8. The molecule has 8 heteroatoms. The van der Waals surface area contributed by atoms with Gasteiger partial charge in [0.2, 0.25) is 10.0 Å². The molecule has 0 atom stereocenters. The van der Waals surface area contributed by atoms with Crippen LogP contribution < -0.4 is 4.72 Å². The van der Waals surface area contributed by atoms with Crippen molar-refractivity contribution < 1.29 is 16.8 Å². The zero-order chi connectivity index (χ0) is 14.9. The average Bonchev–Trinajstić information content (AvgIpc) is 2.38. The van der Waals surface area contributed by atoms with Crippen molar-refractivity contribution in [3.05, 3.63) is 0 Å². The first kappa shape index (κ1) is 16.7. The van der Waals surface area contributed by atoms with Crippen LogP contribution >= 0.6 is 15.9 Å². The van der Waals surface area contributed by atoms with Gasteiger partial charge in [-0.25, -0.2) is 21.6 Å². The predicted octanol–water partition coefficient (Wildman–Crippen LogP) is 1.58. The lowest BCUT2D eigenvalue weighted by Gasteiger charge is -2.38. The van der Waals surface area contributed by atoms with Crippen LogP contribution in [0.1, 0.15) is 44.9 Å². The Morgan fingerprint density at radius 1 is 1.10 bits per heavy atom. The fourth-order valence-corrected chi connectivity index (χ4v) is 7.63. The van der Waals surface area contributed by atoms with Crippen LogP contribution in [0.15, 0.2) is 0 Å². The van der Waals surface area contributed by atoms with Gasteiger partial charge in [0.15, 0.2) is 0 Å². The van der Waals surface area contributed by atoms with Crippen LogP contribution in [0.4, 0.5) is 0 Å². The molecule has 5 nitrogen and oxygen atoms in total. The van der Waals surface area contributed by atoms with Crippen molar-refractivity contribution in [3.8, 4) is 0 Å². The molecule has 2 aliphatic rings. The molecular weight excluding hydrogens is 366 g/mol. The zero-order valence-electron chi connectivity index (χ0n) is 11.5. The molecule has 0 aromatic rings. The molecule has 0 unspecified atom stereocenters. The lowest BCUT2D eigenvalue weighted by atomic mass is 9.84. The molecule has 1 N–H and O–H groups in total. The summed E-state index contributed by atoms with van der Waals surface area (Å²) in [5, 5.41) is 0.0495. The minimum absolute atomic E-state index is 0.0140. The van der Waals surface area contributed by atoms with Crippen LogP contribution in [0.5, 0.6) is 0 Å². The lowest BCUT2D eigenvalue weighted by molar-refractivity contribution is 0.300. The maximum Gasteiger partial charge on any atom is 0.215 e. The Kier molecular flexibility index (Phi) is 5.20. The van der Waals surface area contributed by atoms with Gasteiger partial charge in [0, 0.05) is 10.9 Å². The fourth-order valence-electron chi connectivity index (χ4n) is 3.06. The van der Waals surface area contributed by atoms with E-state index >= 15 is 0 Å². The van der Waals surface area contributed by atoms with E-state index < -0.39 is 25.1 Å². The quantitative estimate of drug-likeness (QED) is 0.742. The van der Waals surface area contributed by atoms with Gasteiger partial charge in [-0.05, 0) is 25.7 Å². The average molecular weight is 388 g/mol. The maximum atomic E-state index is 12.5. The van der Waals surface area contributed by atoms with E-state index in [4.69, 9.17) is 0 Å². The highest BCUT2D eigenvalue weighted by atomic mass is 79.9. The van der Waals surface area contributed by atoms with E-state index in [0.717, 1.165) is 32.1 Å². The second kappa shape index (κ2) is 6.22. The molecule has 0 bridgehead atoms. The minimum atomic E-state index is -3.45. The van der Waals surface area contributed by atoms with Gasteiger partial charge < -0.3 is 0 Å². The van der Waals surface area contributed by atoms with E-state index in [9.17, 15) is 16.8 Å². The number of hydrogen-bond donors (Lipinski definition) is 1. The van der Waals surface area contributed by atoms with Gasteiger partial charge in [0.1, 0.15) is 9.84 Å². The standard InChI is InChI=1S/C12H22BrNO4S2/c13-10-12(6-2-1-3-7-12)14-20(17,18)11-4-8-19(15,16)9-5-11/h11,14H,1-10H2. The molecule has 0 radical (unpaired) electrons. The third kappa shape index (κ3) is 3.96. The van der Waals surface area contributed by atoms with E-state index in [1.807, 2.05) is 0 Å². The molecule has 1 aliphatic heterocycles. The monoisotopic (exact) mass is 387 g/mol. The van der Waals surface area contributed by atoms with Crippen molar-refractivity contribution in [2.75, 3.05) is 16.8 Å². The van der Waals surface area contributed by atoms with Crippen molar-refractivity contribution >= 4 is 35.8 Å². The Bertz CT molecular complexity index is 524. The molecule has 0 aromatic carbocycles. The van der Waals surface area contributed by atoms with Gasteiger partial charge >= 0.3 is 0 Å². The summed E-state index contributed by atoms with van der Waals surface area (Å²) >= 11 is 3.44. The van der Waals surface area contributed by atoms with E-state index in [2.05, 4.69) is 20.7 Å². The largest absolute Gasteiger partial charge is 0.229 e.